The molecular formula is C14H16N2O3. The van der Waals surface area contributed by atoms with Crippen LogP contribution in [-0.4, -0.2) is 16.1 Å². The molecule has 0 fully saturated rings. The van der Waals surface area contributed by atoms with E-state index in [2.05, 4.69) is 10.3 Å². The van der Waals surface area contributed by atoms with E-state index < -0.39 is 5.97 Å². The molecule has 0 aliphatic rings. The Morgan fingerprint density at radius 1 is 1.32 bits per heavy atom. The lowest BCUT2D eigenvalue weighted by molar-refractivity contribution is 0.0659. The van der Waals surface area contributed by atoms with Gasteiger partial charge in [0, 0.05) is 18.4 Å². The van der Waals surface area contributed by atoms with Crippen molar-refractivity contribution in [2.24, 2.45) is 0 Å². The molecule has 2 atom stereocenters. The first-order valence-corrected chi connectivity index (χ1v) is 6.07. The minimum atomic E-state index is -1.06. The molecule has 2 heterocycles. The zero-order valence-corrected chi connectivity index (χ0v) is 10.8. The third kappa shape index (κ3) is 3.20. The van der Waals surface area contributed by atoms with Crippen molar-refractivity contribution in [3.63, 3.8) is 0 Å². The van der Waals surface area contributed by atoms with Crippen LogP contribution in [0.1, 0.15) is 47.8 Å². The van der Waals surface area contributed by atoms with Crippen LogP contribution in [-0.2, 0) is 0 Å². The number of aromatic carboxylic acids is 1. The highest BCUT2D eigenvalue weighted by atomic mass is 16.4. The van der Waals surface area contributed by atoms with Crippen LogP contribution in [0.25, 0.3) is 0 Å². The van der Waals surface area contributed by atoms with Crippen molar-refractivity contribution < 1.29 is 14.3 Å². The van der Waals surface area contributed by atoms with Crippen molar-refractivity contribution in [1.29, 1.82) is 0 Å². The molecule has 19 heavy (non-hydrogen) atoms. The Hall–Kier alpha value is -2.14. The van der Waals surface area contributed by atoms with Crippen LogP contribution in [0.15, 0.2) is 41.1 Å². The van der Waals surface area contributed by atoms with Gasteiger partial charge in [0.25, 0.3) is 0 Å². The van der Waals surface area contributed by atoms with Crippen LogP contribution in [0, 0.1) is 0 Å². The molecule has 0 saturated heterocycles. The maximum absolute atomic E-state index is 10.8. The molecule has 100 valence electrons. The van der Waals surface area contributed by atoms with Gasteiger partial charge >= 0.3 is 5.97 Å². The number of hydrogen-bond acceptors (Lipinski definition) is 4. The average molecular weight is 260 g/mol. The van der Waals surface area contributed by atoms with Gasteiger partial charge in [0.05, 0.1) is 6.04 Å². The number of nitrogens with one attached hydrogen (secondary N) is 1. The summed E-state index contributed by atoms with van der Waals surface area (Å²) >= 11 is 0. The number of pyridine rings is 1. The minimum absolute atomic E-state index is 0.0438. The summed E-state index contributed by atoms with van der Waals surface area (Å²) in [5.74, 6) is -0.496. The van der Waals surface area contributed by atoms with Crippen LogP contribution in [0.3, 0.4) is 0 Å². The van der Waals surface area contributed by atoms with Crippen LogP contribution in [0.5, 0.6) is 0 Å². The van der Waals surface area contributed by atoms with E-state index in [1.807, 2.05) is 26.0 Å². The second-order valence-electron chi connectivity index (χ2n) is 4.40. The first kappa shape index (κ1) is 13.3. The molecule has 0 radical (unpaired) electrons. The van der Waals surface area contributed by atoms with Crippen LogP contribution < -0.4 is 5.32 Å². The van der Waals surface area contributed by atoms with E-state index in [-0.39, 0.29) is 17.8 Å². The van der Waals surface area contributed by atoms with Gasteiger partial charge in [-0.15, -0.1) is 0 Å². The predicted molar refractivity (Wildman–Crippen MR) is 69.9 cm³/mol. The molecule has 0 spiro atoms. The Morgan fingerprint density at radius 3 is 2.68 bits per heavy atom. The normalized spacial score (nSPS) is 14.0. The molecule has 2 aromatic heterocycles. The largest absolute Gasteiger partial charge is 0.475 e. The van der Waals surface area contributed by atoms with Crippen LogP contribution in [0.4, 0.5) is 0 Å². The third-order valence-electron chi connectivity index (χ3n) is 2.95. The van der Waals surface area contributed by atoms with Crippen molar-refractivity contribution in [3.8, 4) is 0 Å². The van der Waals surface area contributed by atoms with Gasteiger partial charge < -0.3 is 14.8 Å². The average Bonchev–Trinajstić information content (AvgIpc) is 2.89. The van der Waals surface area contributed by atoms with Gasteiger partial charge in [-0.1, -0.05) is 6.07 Å². The Bertz CT molecular complexity index is 551. The third-order valence-corrected chi connectivity index (χ3v) is 2.95. The maximum Gasteiger partial charge on any atom is 0.371 e. The summed E-state index contributed by atoms with van der Waals surface area (Å²) in [6, 6.07) is 7.03. The second kappa shape index (κ2) is 5.67. The zero-order valence-electron chi connectivity index (χ0n) is 10.8. The molecule has 0 aliphatic heterocycles. The van der Waals surface area contributed by atoms with Gasteiger partial charge in [0.2, 0.25) is 5.76 Å². The molecule has 0 bridgehead atoms. The summed E-state index contributed by atoms with van der Waals surface area (Å²) in [6.45, 7) is 3.95. The first-order chi connectivity index (χ1) is 9.08. The van der Waals surface area contributed by atoms with Gasteiger partial charge in [-0.2, -0.15) is 0 Å². The minimum Gasteiger partial charge on any atom is -0.475 e. The molecule has 0 aromatic carbocycles. The molecule has 1 unspecified atom stereocenters. The van der Waals surface area contributed by atoms with Crippen molar-refractivity contribution in [1.82, 2.24) is 10.3 Å². The van der Waals surface area contributed by atoms with E-state index in [9.17, 15) is 4.79 Å². The number of hydrogen-bond donors (Lipinski definition) is 2. The molecule has 5 heteroatoms. The number of carboxylic acid groups (broad SMARTS) is 1. The van der Waals surface area contributed by atoms with Gasteiger partial charge in [0.1, 0.15) is 5.76 Å². The lowest BCUT2D eigenvalue weighted by Gasteiger charge is -2.18. The number of rotatable bonds is 5. The van der Waals surface area contributed by atoms with Crippen LogP contribution in [0.2, 0.25) is 0 Å². The van der Waals surface area contributed by atoms with Crippen LogP contribution >= 0.6 is 0 Å². The molecular weight excluding hydrogens is 244 g/mol. The lowest BCUT2D eigenvalue weighted by Crippen LogP contribution is -2.22. The highest BCUT2D eigenvalue weighted by Crippen LogP contribution is 2.20. The monoisotopic (exact) mass is 260 g/mol. The predicted octanol–water partition coefficient (Wildman–Crippen LogP) is 2.78. The molecule has 5 nitrogen and oxygen atoms in total. The molecule has 0 saturated carbocycles. The smallest absolute Gasteiger partial charge is 0.371 e. The molecule has 2 aromatic rings. The summed E-state index contributed by atoms with van der Waals surface area (Å²) in [5, 5.41) is 12.2. The fourth-order valence-electron chi connectivity index (χ4n) is 1.89. The Morgan fingerprint density at radius 2 is 2.11 bits per heavy atom. The van der Waals surface area contributed by atoms with Crippen molar-refractivity contribution in [3.05, 3.63) is 53.7 Å². The van der Waals surface area contributed by atoms with Gasteiger partial charge in [0.15, 0.2) is 0 Å². The number of aromatic nitrogens is 1. The highest BCUT2D eigenvalue weighted by Gasteiger charge is 2.16. The molecule has 2 rings (SSSR count). The maximum atomic E-state index is 10.8. The quantitative estimate of drug-likeness (QED) is 0.864. The van der Waals surface area contributed by atoms with Crippen molar-refractivity contribution >= 4 is 5.97 Å². The number of nitrogens with zero attached hydrogens (tertiary/aromatic N) is 1. The zero-order chi connectivity index (χ0) is 13.8. The van der Waals surface area contributed by atoms with E-state index in [1.54, 1.807) is 18.5 Å². The summed E-state index contributed by atoms with van der Waals surface area (Å²) < 4.78 is 5.27. The van der Waals surface area contributed by atoms with E-state index in [0.717, 1.165) is 5.56 Å². The molecule has 0 aliphatic carbocycles. The van der Waals surface area contributed by atoms with Gasteiger partial charge in [-0.05, 0) is 37.6 Å². The summed E-state index contributed by atoms with van der Waals surface area (Å²) in [4.78, 5) is 14.8. The molecule has 0 amide bonds. The Labute approximate surface area is 111 Å². The number of carboxylic acids is 1. The standard InChI is InChI=1S/C14H16N2O3/c1-9(11-4-3-7-15-8-11)16-10(2)12-5-6-13(19-12)14(17)18/h3-10,16H,1-2H3,(H,17,18)/t9-,10?/m1/s1. The van der Waals surface area contributed by atoms with E-state index in [4.69, 9.17) is 9.52 Å². The Kier molecular flexibility index (Phi) is 3.97. The summed E-state index contributed by atoms with van der Waals surface area (Å²) in [5.41, 5.74) is 1.07. The highest BCUT2D eigenvalue weighted by molar-refractivity contribution is 5.84. The van der Waals surface area contributed by atoms with E-state index in [1.165, 1.54) is 6.07 Å². The molecule has 2 N–H and O–H groups in total. The van der Waals surface area contributed by atoms with Crippen molar-refractivity contribution in [2.75, 3.05) is 0 Å². The summed E-state index contributed by atoms with van der Waals surface area (Å²) in [7, 11) is 0. The Balaban J connectivity index is 2.04. The lowest BCUT2D eigenvalue weighted by atomic mass is 10.1. The second-order valence-corrected chi connectivity index (χ2v) is 4.40. The summed E-state index contributed by atoms with van der Waals surface area (Å²) in [6.07, 6.45) is 3.53. The number of furan rings is 1. The van der Waals surface area contributed by atoms with Gasteiger partial charge in [-0.25, -0.2) is 4.79 Å². The van der Waals surface area contributed by atoms with E-state index >= 15 is 0 Å². The fourth-order valence-corrected chi connectivity index (χ4v) is 1.89. The fraction of sp³-hybridized carbons (Fsp3) is 0.286. The van der Waals surface area contributed by atoms with Gasteiger partial charge in [-0.3, -0.25) is 4.98 Å². The van der Waals surface area contributed by atoms with Crippen molar-refractivity contribution in [2.45, 2.75) is 25.9 Å². The van der Waals surface area contributed by atoms with E-state index in [0.29, 0.717) is 5.76 Å². The first-order valence-electron chi connectivity index (χ1n) is 6.07. The topological polar surface area (TPSA) is 75.4 Å². The number of carbonyl (C=O) groups is 1. The SMILES string of the molecule is CC(N[C@H](C)c1cccnc1)c1ccc(C(=O)O)o1.